The molecule has 35 heavy (non-hydrogen) atoms. The molecule has 0 radical (unpaired) electrons. The van der Waals surface area contributed by atoms with Crippen LogP contribution in [0.3, 0.4) is 0 Å². The Morgan fingerprint density at radius 1 is 1.14 bits per heavy atom. The highest BCUT2D eigenvalue weighted by molar-refractivity contribution is 5.93. The predicted molar refractivity (Wildman–Crippen MR) is 137 cm³/mol. The van der Waals surface area contributed by atoms with Crippen LogP contribution >= 0.6 is 0 Å². The average molecular weight is 470 g/mol. The molecule has 1 amide bonds. The number of anilines is 1. The number of nitriles is 1. The zero-order valence-electron chi connectivity index (χ0n) is 20.0. The number of piperidine rings is 1. The number of nitrogens with two attached hydrogens (primary N) is 1. The fraction of sp³-hybridized carbons (Fsp3) is 0.321. The Kier molecular flexibility index (Phi) is 7.96. The number of pyridine rings is 1. The summed E-state index contributed by atoms with van der Waals surface area (Å²) in [5, 5.41) is 12.2. The first kappa shape index (κ1) is 24.2. The van der Waals surface area contributed by atoms with Gasteiger partial charge in [-0.15, -0.1) is 0 Å². The second kappa shape index (κ2) is 11.5. The Bertz CT molecular complexity index is 1180. The van der Waals surface area contributed by atoms with E-state index in [-0.39, 0.29) is 28.7 Å². The van der Waals surface area contributed by atoms with Gasteiger partial charge in [0.2, 0.25) is 5.88 Å². The molecule has 3 N–H and O–H groups in total. The van der Waals surface area contributed by atoms with Crippen LogP contribution in [0.25, 0.3) is 11.1 Å². The SMILES string of the molecule is CCOc1nc(C(=O)NCC2CCN(Cc3ccc(-c4ccccc4)cc3)CC2)cc(N)c1C#N. The Morgan fingerprint density at radius 3 is 2.49 bits per heavy atom. The van der Waals surface area contributed by atoms with Crippen LogP contribution in [0.2, 0.25) is 0 Å². The molecule has 2 aromatic carbocycles. The smallest absolute Gasteiger partial charge is 0.270 e. The maximum Gasteiger partial charge on any atom is 0.270 e. The molecule has 0 atom stereocenters. The number of hydrogen-bond acceptors (Lipinski definition) is 6. The van der Waals surface area contributed by atoms with Gasteiger partial charge in [0.25, 0.3) is 5.91 Å². The summed E-state index contributed by atoms with van der Waals surface area (Å²) in [5.74, 6) is 0.214. The van der Waals surface area contributed by atoms with Crippen molar-refractivity contribution in [2.24, 2.45) is 5.92 Å². The van der Waals surface area contributed by atoms with E-state index in [1.807, 2.05) is 12.1 Å². The molecule has 4 rings (SSSR count). The van der Waals surface area contributed by atoms with Crippen molar-refractivity contribution in [1.82, 2.24) is 15.2 Å². The molecule has 0 bridgehead atoms. The first-order valence-electron chi connectivity index (χ1n) is 12.1. The van der Waals surface area contributed by atoms with Gasteiger partial charge in [-0.1, -0.05) is 54.6 Å². The van der Waals surface area contributed by atoms with Crippen LogP contribution in [0.5, 0.6) is 5.88 Å². The molecule has 7 nitrogen and oxygen atoms in total. The van der Waals surface area contributed by atoms with Crippen LogP contribution in [0, 0.1) is 17.2 Å². The number of rotatable bonds is 8. The first-order chi connectivity index (χ1) is 17.1. The molecule has 0 unspecified atom stereocenters. The number of likely N-dealkylation sites (tertiary alicyclic amines) is 1. The van der Waals surface area contributed by atoms with E-state index < -0.39 is 0 Å². The highest BCUT2D eigenvalue weighted by Crippen LogP contribution is 2.24. The van der Waals surface area contributed by atoms with Gasteiger partial charge in [-0.05, 0) is 61.5 Å². The largest absolute Gasteiger partial charge is 0.477 e. The lowest BCUT2D eigenvalue weighted by Crippen LogP contribution is -2.38. The number of amides is 1. The summed E-state index contributed by atoms with van der Waals surface area (Å²) in [6.45, 7) is 5.64. The van der Waals surface area contributed by atoms with Gasteiger partial charge in [0.05, 0.1) is 12.3 Å². The highest BCUT2D eigenvalue weighted by atomic mass is 16.5. The van der Waals surface area contributed by atoms with Gasteiger partial charge < -0.3 is 15.8 Å². The number of nitrogens with zero attached hydrogens (tertiary/aromatic N) is 3. The summed E-state index contributed by atoms with van der Waals surface area (Å²) in [7, 11) is 0. The van der Waals surface area contributed by atoms with Crippen LogP contribution in [0.15, 0.2) is 60.7 Å². The number of aromatic nitrogens is 1. The van der Waals surface area contributed by atoms with Gasteiger partial charge in [0, 0.05) is 13.1 Å². The second-order valence-corrected chi connectivity index (χ2v) is 8.81. The van der Waals surface area contributed by atoms with Crippen molar-refractivity contribution in [3.8, 4) is 23.1 Å². The molecular weight excluding hydrogens is 438 g/mol. The summed E-state index contributed by atoms with van der Waals surface area (Å²) >= 11 is 0. The van der Waals surface area contributed by atoms with Crippen LogP contribution in [0.4, 0.5) is 5.69 Å². The number of ether oxygens (including phenoxy) is 1. The van der Waals surface area contributed by atoms with Crippen molar-refractivity contribution < 1.29 is 9.53 Å². The quantitative estimate of drug-likeness (QED) is 0.511. The number of carbonyl (C=O) groups is 1. The van der Waals surface area contributed by atoms with Gasteiger partial charge in [-0.2, -0.15) is 5.26 Å². The van der Waals surface area contributed by atoms with E-state index in [1.165, 1.54) is 22.8 Å². The van der Waals surface area contributed by atoms with Crippen LogP contribution in [0.1, 0.15) is 41.4 Å². The van der Waals surface area contributed by atoms with Crippen LogP contribution in [-0.4, -0.2) is 42.0 Å². The molecule has 1 aromatic heterocycles. The maximum atomic E-state index is 12.7. The molecule has 180 valence electrons. The van der Waals surface area contributed by atoms with Crippen molar-refractivity contribution in [3.05, 3.63) is 77.5 Å². The first-order valence-corrected chi connectivity index (χ1v) is 12.1. The van der Waals surface area contributed by atoms with Gasteiger partial charge in [-0.3, -0.25) is 9.69 Å². The van der Waals surface area contributed by atoms with E-state index >= 15 is 0 Å². The van der Waals surface area contributed by atoms with Crippen molar-refractivity contribution in [1.29, 1.82) is 5.26 Å². The minimum Gasteiger partial charge on any atom is -0.477 e. The summed E-state index contributed by atoms with van der Waals surface area (Å²) in [5.41, 5.74) is 10.2. The maximum absolute atomic E-state index is 12.7. The van der Waals surface area contributed by atoms with Crippen molar-refractivity contribution in [2.75, 3.05) is 32.0 Å². The number of benzene rings is 2. The summed E-state index contributed by atoms with van der Waals surface area (Å²) in [6.07, 6.45) is 2.05. The molecule has 0 aliphatic carbocycles. The average Bonchev–Trinajstić information content (AvgIpc) is 2.89. The Labute approximate surface area is 206 Å². The van der Waals surface area contributed by atoms with E-state index in [0.29, 0.717) is 19.1 Å². The Balaban J connectivity index is 1.25. The monoisotopic (exact) mass is 469 g/mol. The summed E-state index contributed by atoms with van der Waals surface area (Å²) in [6, 6.07) is 22.6. The van der Waals surface area contributed by atoms with E-state index in [9.17, 15) is 10.1 Å². The summed E-state index contributed by atoms with van der Waals surface area (Å²) < 4.78 is 5.38. The minimum absolute atomic E-state index is 0.102. The van der Waals surface area contributed by atoms with Gasteiger partial charge in [0.1, 0.15) is 17.3 Å². The normalized spacial score (nSPS) is 14.3. The Morgan fingerprint density at radius 2 is 1.83 bits per heavy atom. The molecule has 1 aliphatic heterocycles. The van der Waals surface area contributed by atoms with Crippen molar-refractivity contribution in [2.45, 2.75) is 26.3 Å². The van der Waals surface area contributed by atoms with Crippen LogP contribution < -0.4 is 15.8 Å². The van der Waals surface area contributed by atoms with Gasteiger partial charge >= 0.3 is 0 Å². The topological polar surface area (TPSA) is 104 Å². The van der Waals surface area contributed by atoms with E-state index in [1.54, 1.807) is 6.92 Å². The molecule has 0 saturated carbocycles. The Hall–Kier alpha value is -3.89. The lowest BCUT2D eigenvalue weighted by molar-refractivity contribution is 0.0929. The highest BCUT2D eigenvalue weighted by Gasteiger charge is 2.21. The van der Waals surface area contributed by atoms with Gasteiger partial charge in [0.15, 0.2) is 0 Å². The minimum atomic E-state index is -0.303. The molecule has 0 spiro atoms. The molecule has 3 aromatic rings. The molecule has 1 aliphatic rings. The lowest BCUT2D eigenvalue weighted by Gasteiger charge is -2.32. The summed E-state index contributed by atoms with van der Waals surface area (Å²) in [4.78, 5) is 19.3. The fourth-order valence-corrected chi connectivity index (χ4v) is 4.38. The standard InChI is InChI=1S/C28H31N5O2/c1-2-35-28-24(17-29)25(30)16-26(32-28)27(34)31-18-20-12-14-33(15-13-20)19-21-8-10-23(11-9-21)22-6-4-3-5-7-22/h3-11,16,20H,2,12-15,18-19H2,1H3,(H2,30,32)(H,31,34). The van der Waals surface area contributed by atoms with Crippen LogP contribution in [-0.2, 0) is 6.54 Å². The van der Waals surface area contributed by atoms with E-state index in [4.69, 9.17) is 10.5 Å². The van der Waals surface area contributed by atoms with Gasteiger partial charge in [-0.25, -0.2) is 4.98 Å². The lowest BCUT2D eigenvalue weighted by atomic mass is 9.96. The zero-order chi connectivity index (χ0) is 24.6. The van der Waals surface area contributed by atoms with Crippen molar-refractivity contribution >= 4 is 11.6 Å². The molecule has 2 heterocycles. The number of nitrogens with one attached hydrogen (secondary N) is 1. The number of carbonyl (C=O) groups excluding carboxylic acids is 1. The fourth-order valence-electron chi connectivity index (χ4n) is 4.38. The molecular formula is C28H31N5O2. The van der Waals surface area contributed by atoms with E-state index in [0.717, 1.165) is 32.5 Å². The zero-order valence-corrected chi connectivity index (χ0v) is 20.0. The third-order valence-corrected chi connectivity index (χ3v) is 6.37. The van der Waals surface area contributed by atoms with E-state index in [2.05, 4.69) is 63.7 Å². The predicted octanol–water partition coefficient (Wildman–Crippen LogP) is 4.24. The third kappa shape index (κ3) is 6.17. The molecule has 1 fully saturated rings. The number of nitrogen functional groups attached to an aromatic ring is 1. The second-order valence-electron chi connectivity index (χ2n) is 8.81. The molecule has 1 saturated heterocycles. The molecule has 7 heteroatoms. The number of hydrogen-bond donors (Lipinski definition) is 2. The van der Waals surface area contributed by atoms with Crippen molar-refractivity contribution in [3.63, 3.8) is 0 Å². The third-order valence-electron chi connectivity index (χ3n) is 6.37.